The van der Waals surface area contributed by atoms with Gasteiger partial charge >= 0.3 is 13.1 Å². The third kappa shape index (κ3) is 6.18. The smallest absolute Gasteiger partial charge is 0.458 e. The molecule has 0 aliphatic rings. The second-order valence-electron chi connectivity index (χ2n) is 6.02. The average molecular weight is 293 g/mol. The molecule has 0 saturated heterocycles. The van der Waals surface area contributed by atoms with E-state index in [1.54, 1.807) is 24.3 Å². The van der Waals surface area contributed by atoms with Crippen LogP contribution < -0.4 is 10.8 Å². The van der Waals surface area contributed by atoms with E-state index in [1.807, 2.05) is 27.7 Å². The molecule has 1 unspecified atom stereocenters. The molecule has 6 heteroatoms. The molecule has 0 bridgehead atoms. The Morgan fingerprint density at radius 2 is 2.05 bits per heavy atom. The minimum absolute atomic E-state index is 0.306. The van der Waals surface area contributed by atoms with Crippen molar-refractivity contribution in [3.05, 3.63) is 24.3 Å². The van der Waals surface area contributed by atoms with Crippen LogP contribution in [0.2, 0.25) is 0 Å². The Bertz CT molecular complexity index is 471. The summed E-state index contributed by atoms with van der Waals surface area (Å²) in [4.78, 5) is 12.2. The fourth-order valence-corrected chi connectivity index (χ4v) is 1.90. The van der Waals surface area contributed by atoms with Crippen LogP contribution in [0.4, 0.5) is 5.69 Å². The molecule has 0 heterocycles. The Hall–Kier alpha value is -1.53. The summed E-state index contributed by atoms with van der Waals surface area (Å²) in [7, 11) is -1.53. The van der Waals surface area contributed by atoms with E-state index in [9.17, 15) is 14.8 Å². The van der Waals surface area contributed by atoms with Crippen molar-refractivity contribution in [2.24, 2.45) is 0 Å². The van der Waals surface area contributed by atoms with Gasteiger partial charge in [0.05, 0.1) is 0 Å². The van der Waals surface area contributed by atoms with Crippen molar-refractivity contribution in [2.45, 2.75) is 52.2 Å². The van der Waals surface area contributed by atoms with Gasteiger partial charge in [0, 0.05) is 5.69 Å². The quantitative estimate of drug-likeness (QED) is 0.544. The van der Waals surface area contributed by atoms with Gasteiger partial charge in [-0.2, -0.15) is 0 Å². The van der Waals surface area contributed by atoms with Crippen LogP contribution in [-0.4, -0.2) is 34.8 Å². The number of carbonyl (C=O) groups is 1. The number of benzene rings is 1. The van der Waals surface area contributed by atoms with Gasteiger partial charge in [-0.05, 0) is 44.8 Å². The van der Waals surface area contributed by atoms with Crippen LogP contribution in [0.15, 0.2) is 24.3 Å². The summed E-state index contributed by atoms with van der Waals surface area (Å²) in [5, 5.41) is 21.5. The maximum atomic E-state index is 12.2. The lowest BCUT2D eigenvalue weighted by Crippen LogP contribution is -2.37. The minimum Gasteiger partial charge on any atom is -0.458 e. The Labute approximate surface area is 126 Å². The van der Waals surface area contributed by atoms with Crippen LogP contribution in [0.3, 0.4) is 0 Å². The topological polar surface area (TPSA) is 78.8 Å². The summed E-state index contributed by atoms with van der Waals surface area (Å²) in [6.07, 6.45) is 1.47. The molecule has 3 N–H and O–H groups in total. The largest absolute Gasteiger partial charge is 0.488 e. The van der Waals surface area contributed by atoms with Crippen molar-refractivity contribution < 1.29 is 19.6 Å². The number of carbonyl (C=O) groups excluding carboxylic acids is 1. The van der Waals surface area contributed by atoms with E-state index in [0.29, 0.717) is 17.6 Å². The average Bonchev–Trinajstić information content (AvgIpc) is 2.36. The third-order valence-electron chi connectivity index (χ3n) is 2.79. The van der Waals surface area contributed by atoms with E-state index in [4.69, 9.17) is 4.74 Å². The number of nitrogens with one attached hydrogen (secondary N) is 1. The van der Waals surface area contributed by atoms with Gasteiger partial charge in [-0.15, -0.1) is 0 Å². The monoisotopic (exact) mass is 293 g/mol. The highest BCUT2D eigenvalue weighted by molar-refractivity contribution is 6.58. The van der Waals surface area contributed by atoms with E-state index >= 15 is 0 Å². The predicted molar refractivity (Wildman–Crippen MR) is 84.4 cm³/mol. The van der Waals surface area contributed by atoms with Crippen molar-refractivity contribution in [2.75, 3.05) is 5.32 Å². The van der Waals surface area contributed by atoms with Crippen molar-refractivity contribution >= 4 is 24.2 Å². The normalized spacial score (nSPS) is 12.7. The summed E-state index contributed by atoms with van der Waals surface area (Å²) in [5.74, 6) is -0.306. The molecule has 0 aliphatic heterocycles. The molecule has 0 radical (unpaired) electrons. The number of anilines is 1. The standard InChI is InChI=1S/C15H24BNO4/c1-5-7-13(14(18)21-15(2,3)4)17-12-9-6-8-11(10-12)16(19)20/h6,8-10,13,17,19-20H,5,7H2,1-4H3. The van der Waals surface area contributed by atoms with Crippen molar-refractivity contribution in [3.8, 4) is 0 Å². The van der Waals surface area contributed by atoms with Gasteiger partial charge in [0.15, 0.2) is 0 Å². The first-order valence-corrected chi connectivity index (χ1v) is 7.18. The highest BCUT2D eigenvalue weighted by Gasteiger charge is 2.24. The van der Waals surface area contributed by atoms with E-state index in [-0.39, 0.29) is 5.97 Å². The van der Waals surface area contributed by atoms with Gasteiger partial charge in [0.1, 0.15) is 11.6 Å². The molecule has 1 aromatic carbocycles. The number of rotatable bonds is 6. The molecule has 1 rings (SSSR count). The molecule has 0 spiro atoms. The van der Waals surface area contributed by atoms with Crippen LogP contribution in [0.1, 0.15) is 40.5 Å². The Morgan fingerprint density at radius 3 is 2.57 bits per heavy atom. The van der Waals surface area contributed by atoms with Gasteiger partial charge in [0.2, 0.25) is 0 Å². The summed E-state index contributed by atoms with van der Waals surface area (Å²) in [5.41, 5.74) is 0.498. The second-order valence-corrected chi connectivity index (χ2v) is 6.02. The summed E-state index contributed by atoms with van der Waals surface area (Å²) in [6, 6.07) is 6.24. The summed E-state index contributed by atoms with van der Waals surface area (Å²) >= 11 is 0. The van der Waals surface area contributed by atoms with Crippen molar-refractivity contribution in [3.63, 3.8) is 0 Å². The summed E-state index contributed by atoms with van der Waals surface area (Å²) in [6.45, 7) is 7.48. The lowest BCUT2D eigenvalue weighted by atomic mass is 9.80. The fraction of sp³-hybridized carbons (Fsp3) is 0.533. The minimum atomic E-state index is -1.53. The molecule has 0 amide bonds. The molecule has 0 saturated carbocycles. The highest BCUT2D eigenvalue weighted by atomic mass is 16.6. The maximum absolute atomic E-state index is 12.2. The zero-order chi connectivity index (χ0) is 16.0. The number of ether oxygens (including phenoxy) is 1. The van der Waals surface area contributed by atoms with E-state index in [0.717, 1.165) is 6.42 Å². The predicted octanol–water partition coefficient (Wildman–Crippen LogP) is 1.29. The highest BCUT2D eigenvalue weighted by Crippen LogP contribution is 2.15. The fourth-order valence-electron chi connectivity index (χ4n) is 1.90. The molecule has 1 aromatic rings. The van der Waals surface area contributed by atoms with Crippen LogP contribution in [0.25, 0.3) is 0 Å². The van der Waals surface area contributed by atoms with Gasteiger partial charge in [-0.1, -0.05) is 25.5 Å². The Morgan fingerprint density at radius 1 is 1.38 bits per heavy atom. The van der Waals surface area contributed by atoms with Crippen molar-refractivity contribution in [1.29, 1.82) is 0 Å². The lowest BCUT2D eigenvalue weighted by molar-refractivity contribution is -0.155. The first-order valence-electron chi connectivity index (χ1n) is 7.18. The molecule has 5 nitrogen and oxygen atoms in total. The molecular formula is C15H24BNO4. The maximum Gasteiger partial charge on any atom is 0.488 e. The molecule has 116 valence electrons. The summed E-state index contributed by atoms with van der Waals surface area (Å²) < 4.78 is 5.40. The molecule has 1 atom stereocenters. The van der Waals surface area contributed by atoms with Crippen LogP contribution in [0.5, 0.6) is 0 Å². The molecule has 0 fully saturated rings. The van der Waals surface area contributed by atoms with Crippen LogP contribution >= 0.6 is 0 Å². The Balaban J connectivity index is 2.83. The first kappa shape index (κ1) is 17.5. The first-order chi connectivity index (χ1) is 9.73. The number of hydrogen-bond acceptors (Lipinski definition) is 5. The van der Waals surface area contributed by atoms with Crippen molar-refractivity contribution in [1.82, 2.24) is 0 Å². The number of hydrogen-bond donors (Lipinski definition) is 3. The van der Waals surface area contributed by atoms with E-state index in [1.165, 1.54) is 0 Å². The molecule has 21 heavy (non-hydrogen) atoms. The van der Waals surface area contributed by atoms with Gasteiger partial charge in [-0.25, -0.2) is 4.79 Å². The van der Waals surface area contributed by atoms with E-state index < -0.39 is 18.8 Å². The molecule has 0 aliphatic carbocycles. The van der Waals surface area contributed by atoms with Gasteiger partial charge in [-0.3, -0.25) is 0 Å². The Kier molecular flexibility index (Phi) is 6.24. The number of esters is 1. The molecule has 0 aromatic heterocycles. The van der Waals surface area contributed by atoms with Crippen LogP contribution in [0, 0.1) is 0 Å². The van der Waals surface area contributed by atoms with Gasteiger partial charge < -0.3 is 20.1 Å². The zero-order valence-electron chi connectivity index (χ0n) is 13.1. The zero-order valence-corrected chi connectivity index (χ0v) is 13.1. The lowest BCUT2D eigenvalue weighted by Gasteiger charge is -2.25. The third-order valence-corrected chi connectivity index (χ3v) is 2.79. The van der Waals surface area contributed by atoms with Gasteiger partial charge in [0.25, 0.3) is 0 Å². The van der Waals surface area contributed by atoms with Crippen LogP contribution in [-0.2, 0) is 9.53 Å². The second kappa shape index (κ2) is 7.47. The molecular weight excluding hydrogens is 269 g/mol. The SMILES string of the molecule is CCCC(Nc1cccc(B(O)O)c1)C(=O)OC(C)(C)C. The van der Waals surface area contributed by atoms with E-state index in [2.05, 4.69) is 5.32 Å².